The number of rotatable bonds is 5. The molecule has 0 saturated carbocycles. The van der Waals surface area contributed by atoms with Gasteiger partial charge in [0.05, 0.1) is 0 Å². The molecule has 0 unspecified atom stereocenters. The normalized spacial score (nSPS) is 20.1. The number of carbonyl (C=O) groups is 1. The van der Waals surface area contributed by atoms with Gasteiger partial charge in [-0.25, -0.2) is 0 Å². The second kappa shape index (κ2) is 8.37. The van der Waals surface area contributed by atoms with Gasteiger partial charge in [0.2, 0.25) is 5.91 Å². The Balaban J connectivity index is 1.53. The summed E-state index contributed by atoms with van der Waals surface area (Å²) in [5.41, 5.74) is 1.74. The van der Waals surface area contributed by atoms with Crippen molar-refractivity contribution < 1.29 is 9.53 Å². The van der Waals surface area contributed by atoms with E-state index >= 15 is 0 Å². The molecule has 1 heterocycles. The van der Waals surface area contributed by atoms with Crippen LogP contribution in [0.1, 0.15) is 25.3 Å². The molecule has 1 amide bonds. The molecule has 1 saturated heterocycles. The Kier molecular flexibility index (Phi) is 5.95. The lowest BCUT2D eigenvalue weighted by Gasteiger charge is -2.27. The predicted octanol–water partition coefficient (Wildman–Crippen LogP) is 4.25. The first-order chi connectivity index (χ1) is 12.1. The molecule has 5 heteroatoms. The Labute approximate surface area is 153 Å². The van der Waals surface area contributed by atoms with Crippen molar-refractivity contribution in [3.05, 3.63) is 59.1 Å². The van der Waals surface area contributed by atoms with Gasteiger partial charge in [0.15, 0.2) is 0 Å². The van der Waals surface area contributed by atoms with E-state index in [1.165, 1.54) is 0 Å². The van der Waals surface area contributed by atoms with E-state index in [1.807, 2.05) is 48.5 Å². The summed E-state index contributed by atoms with van der Waals surface area (Å²) in [6.45, 7) is 3.43. The number of piperidine rings is 1. The summed E-state index contributed by atoms with van der Waals surface area (Å²) >= 11 is 6.13. The third-order valence-electron chi connectivity index (χ3n) is 4.47. The Hall–Kier alpha value is -2.04. The quantitative estimate of drug-likeness (QED) is 0.840. The minimum atomic E-state index is 0.0763. The largest absolute Gasteiger partial charge is 0.489 e. The van der Waals surface area contributed by atoms with Gasteiger partial charge >= 0.3 is 0 Å². The fourth-order valence-corrected chi connectivity index (χ4v) is 3.22. The average molecular weight is 359 g/mol. The van der Waals surface area contributed by atoms with E-state index in [4.69, 9.17) is 16.3 Å². The molecule has 2 atom stereocenters. The highest BCUT2D eigenvalue weighted by atomic mass is 35.5. The van der Waals surface area contributed by atoms with Crippen LogP contribution < -0.4 is 15.4 Å². The molecule has 1 aliphatic heterocycles. The summed E-state index contributed by atoms with van der Waals surface area (Å²) in [6, 6.07) is 15.5. The molecule has 4 nitrogen and oxygen atoms in total. The lowest BCUT2D eigenvalue weighted by atomic mass is 9.92. The summed E-state index contributed by atoms with van der Waals surface area (Å²) in [7, 11) is 0. The second-order valence-corrected chi connectivity index (χ2v) is 6.88. The first-order valence-electron chi connectivity index (χ1n) is 8.62. The first kappa shape index (κ1) is 17.8. The van der Waals surface area contributed by atoms with Crippen LogP contribution in [-0.4, -0.2) is 18.5 Å². The number of benzene rings is 2. The molecule has 1 fully saturated rings. The Bertz CT molecular complexity index is 718. The highest BCUT2D eigenvalue weighted by Crippen LogP contribution is 2.22. The predicted molar refractivity (Wildman–Crippen MR) is 101 cm³/mol. The van der Waals surface area contributed by atoms with Crippen molar-refractivity contribution in [1.29, 1.82) is 0 Å². The van der Waals surface area contributed by atoms with E-state index in [1.54, 1.807) is 0 Å². The highest BCUT2D eigenvalue weighted by molar-refractivity contribution is 6.31. The highest BCUT2D eigenvalue weighted by Gasteiger charge is 2.24. The number of nitrogens with one attached hydrogen (secondary N) is 2. The standard InChI is InChI=1S/C20H23ClN2O2/c1-14-12-15(10-11-22-14)20(24)23-17-6-8-18(9-7-17)25-13-16-4-2-3-5-19(16)21/h2-9,14-15,22H,10-13H2,1H3,(H,23,24)/t14-,15-/m0/s1. The van der Waals surface area contributed by atoms with Gasteiger partial charge in [0.25, 0.3) is 0 Å². The zero-order valence-corrected chi connectivity index (χ0v) is 15.1. The van der Waals surface area contributed by atoms with Crippen LogP contribution in [0.15, 0.2) is 48.5 Å². The Morgan fingerprint density at radius 3 is 2.72 bits per heavy atom. The topological polar surface area (TPSA) is 50.4 Å². The molecule has 0 radical (unpaired) electrons. The first-order valence-corrected chi connectivity index (χ1v) is 9.00. The molecule has 3 rings (SSSR count). The molecule has 25 heavy (non-hydrogen) atoms. The summed E-state index contributed by atoms with van der Waals surface area (Å²) < 4.78 is 5.76. The number of ether oxygens (including phenoxy) is 1. The van der Waals surface area contributed by atoms with Crippen molar-refractivity contribution in [2.45, 2.75) is 32.4 Å². The van der Waals surface area contributed by atoms with Gasteiger partial charge in [-0.3, -0.25) is 4.79 Å². The molecule has 2 aromatic carbocycles. The number of hydrogen-bond donors (Lipinski definition) is 2. The lowest BCUT2D eigenvalue weighted by molar-refractivity contribution is -0.120. The van der Waals surface area contributed by atoms with E-state index in [2.05, 4.69) is 17.6 Å². The molecular weight excluding hydrogens is 336 g/mol. The smallest absolute Gasteiger partial charge is 0.227 e. The summed E-state index contributed by atoms with van der Waals surface area (Å²) in [4.78, 5) is 12.4. The van der Waals surface area contributed by atoms with Crippen molar-refractivity contribution in [1.82, 2.24) is 5.32 Å². The van der Waals surface area contributed by atoms with Gasteiger partial charge in [-0.05, 0) is 56.6 Å². The summed E-state index contributed by atoms with van der Waals surface area (Å²) in [5, 5.41) is 7.06. The number of halogens is 1. The van der Waals surface area contributed by atoms with Crippen LogP contribution in [0.5, 0.6) is 5.75 Å². The second-order valence-electron chi connectivity index (χ2n) is 6.47. The van der Waals surface area contributed by atoms with Crippen LogP contribution in [0.4, 0.5) is 5.69 Å². The fraction of sp³-hybridized carbons (Fsp3) is 0.350. The van der Waals surface area contributed by atoms with Gasteiger partial charge < -0.3 is 15.4 Å². The molecule has 0 spiro atoms. The minimum absolute atomic E-state index is 0.0763. The van der Waals surface area contributed by atoms with Crippen LogP contribution in [0.3, 0.4) is 0 Å². The lowest BCUT2D eigenvalue weighted by Crippen LogP contribution is -2.40. The molecular formula is C20H23ClN2O2. The van der Waals surface area contributed by atoms with Crippen LogP contribution >= 0.6 is 11.6 Å². The zero-order chi connectivity index (χ0) is 17.6. The number of amides is 1. The van der Waals surface area contributed by atoms with E-state index in [0.29, 0.717) is 17.7 Å². The summed E-state index contributed by atoms with van der Waals surface area (Å²) in [6.07, 6.45) is 1.76. The van der Waals surface area contributed by atoms with Crippen LogP contribution in [0.25, 0.3) is 0 Å². The maximum absolute atomic E-state index is 12.4. The van der Waals surface area contributed by atoms with Crippen molar-refractivity contribution in [3.8, 4) is 5.75 Å². The van der Waals surface area contributed by atoms with Gasteiger partial charge in [0.1, 0.15) is 12.4 Å². The number of anilines is 1. The van der Waals surface area contributed by atoms with Gasteiger partial charge in [-0.15, -0.1) is 0 Å². The van der Waals surface area contributed by atoms with Gasteiger partial charge in [-0.2, -0.15) is 0 Å². The third-order valence-corrected chi connectivity index (χ3v) is 4.84. The summed E-state index contributed by atoms with van der Waals surface area (Å²) in [5.74, 6) is 0.916. The Morgan fingerprint density at radius 2 is 2.00 bits per heavy atom. The van der Waals surface area contributed by atoms with Crippen molar-refractivity contribution in [2.24, 2.45) is 5.92 Å². The van der Waals surface area contributed by atoms with Crippen LogP contribution in [0, 0.1) is 5.92 Å². The SMILES string of the molecule is C[C@H]1C[C@@H](C(=O)Nc2ccc(OCc3ccccc3Cl)cc2)CCN1. The van der Waals surface area contributed by atoms with E-state index in [0.717, 1.165) is 36.4 Å². The van der Waals surface area contributed by atoms with Crippen molar-refractivity contribution >= 4 is 23.2 Å². The van der Waals surface area contributed by atoms with Crippen molar-refractivity contribution in [3.63, 3.8) is 0 Å². The number of hydrogen-bond acceptors (Lipinski definition) is 3. The molecule has 0 aromatic heterocycles. The molecule has 0 bridgehead atoms. The maximum atomic E-state index is 12.4. The van der Waals surface area contributed by atoms with Gasteiger partial charge in [0, 0.05) is 28.2 Å². The average Bonchev–Trinajstić information content (AvgIpc) is 2.62. The van der Waals surface area contributed by atoms with Crippen LogP contribution in [-0.2, 0) is 11.4 Å². The molecule has 0 aliphatic carbocycles. The zero-order valence-electron chi connectivity index (χ0n) is 14.3. The minimum Gasteiger partial charge on any atom is -0.489 e. The molecule has 1 aliphatic rings. The van der Waals surface area contributed by atoms with Crippen molar-refractivity contribution in [2.75, 3.05) is 11.9 Å². The maximum Gasteiger partial charge on any atom is 0.227 e. The number of carbonyl (C=O) groups excluding carboxylic acids is 1. The van der Waals surface area contributed by atoms with Gasteiger partial charge in [-0.1, -0.05) is 29.8 Å². The van der Waals surface area contributed by atoms with Crippen LogP contribution in [0.2, 0.25) is 5.02 Å². The third kappa shape index (κ3) is 4.97. The molecule has 2 N–H and O–H groups in total. The Morgan fingerprint density at radius 1 is 1.24 bits per heavy atom. The molecule has 2 aromatic rings. The monoisotopic (exact) mass is 358 g/mol. The van der Waals surface area contributed by atoms with E-state index in [-0.39, 0.29) is 11.8 Å². The fourth-order valence-electron chi connectivity index (χ4n) is 3.03. The molecule has 132 valence electrons. The van der Waals surface area contributed by atoms with E-state index < -0.39 is 0 Å². The van der Waals surface area contributed by atoms with E-state index in [9.17, 15) is 4.79 Å².